The number of sulfonamides is 1. The number of methoxy groups -OCH3 is 2. The van der Waals surface area contributed by atoms with Gasteiger partial charge in [0.2, 0.25) is 10.0 Å². The van der Waals surface area contributed by atoms with E-state index in [1.54, 1.807) is 0 Å². The van der Waals surface area contributed by atoms with Crippen molar-refractivity contribution in [3.63, 3.8) is 0 Å². The van der Waals surface area contributed by atoms with E-state index in [1.165, 1.54) is 50.6 Å². The van der Waals surface area contributed by atoms with Gasteiger partial charge < -0.3 is 9.47 Å². The first-order chi connectivity index (χ1) is 12.7. The maximum atomic E-state index is 12.9. The van der Waals surface area contributed by atoms with Gasteiger partial charge in [0.05, 0.1) is 26.3 Å². The molecule has 2 aromatic rings. The number of hydrogen-bond acceptors (Lipinski definition) is 4. The topological polar surface area (TPSA) is 64.6 Å². The molecule has 0 saturated heterocycles. The Balaban J connectivity index is 2.21. The lowest BCUT2D eigenvalue weighted by atomic mass is 10.1. The predicted molar refractivity (Wildman–Crippen MR) is 93.1 cm³/mol. The number of ether oxygens (including phenoxy) is 2. The third kappa shape index (κ3) is 5.15. The quantitative estimate of drug-likeness (QED) is 0.785. The van der Waals surface area contributed by atoms with Crippen LogP contribution >= 0.6 is 0 Å². The molecule has 0 unspecified atom stereocenters. The Hall–Kier alpha value is -2.70. The van der Waals surface area contributed by atoms with Crippen molar-refractivity contribution in [2.75, 3.05) is 20.8 Å². The van der Waals surface area contributed by atoms with Gasteiger partial charge in [0.25, 0.3) is 0 Å². The number of hydrogen-bond donors (Lipinski definition) is 1. The van der Waals surface area contributed by atoms with Crippen LogP contribution in [0.4, 0.5) is 13.2 Å². The average molecular weight is 399 g/mol. The Kier molecular flexibility index (Phi) is 6.36. The molecule has 0 spiro atoms. The van der Waals surface area contributed by atoms with Gasteiger partial charge in [-0.05, 0) is 24.3 Å². The zero-order valence-corrected chi connectivity index (χ0v) is 15.2. The van der Waals surface area contributed by atoms with Crippen LogP contribution in [0, 0.1) is 11.8 Å². The molecule has 2 rings (SSSR count). The summed E-state index contributed by atoms with van der Waals surface area (Å²) in [5, 5.41) is 0. The molecule has 144 valence electrons. The second kappa shape index (κ2) is 8.33. The number of nitrogens with one attached hydrogen (secondary N) is 1. The maximum absolute atomic E-state index is 12.9. The number of benzene rings is 2. The molecule has 9 heteroatoms. The Morgan fingerprint density at radius 2 is 1.78 bits per heavy atom. The molecule has 0 radical (unpaired) electrons. The van der Waals surface area contributed by atoms with Gasteiger partial charge >= 0.3 is 6.18 Å². The number of alkyl halides is 3. The highest BCUT2D eigenvalue weighted by molar-refractivity contribution is 7.89. The van der Waals surface area contributed by atoms with Crippen LogP contribution in [0.3, 0.4) is 0 Å². The molecule has 0 atom stereocenters. The Morgan fingerprint density at radius 1 is 1.07 bits per heavy atom. The minimum atomic E-state index is -4.54. The SMILES string of the molecule is COc1ccc(OC)c(S(=O)(=O)NCC#Cc2ccccc2C(F)(F)F)c1. The molecule has 2 aromatic carbocycles. The van der Waals surface area contributed by atoms with Crippen LogP contribution in [-0.4, -0.2) is 29.2 Å². The smallest absolute Gasteiger partial charge is 0.417 e. The lowest BCUT2D eigenvalue weighted by Crippen LogP contribution is -2.24. The summed E-state index contributed by atoms with van der Waals surface area (Å²) in [6.07, 6.45) is -4.54. The Labute approximate surface area is 155 Å². The summed E-state index contributed by atoms with van der Waals surface area (Å²) >= 11 is 0. The summed E-state index contributed by atoms with van der Waals surface area (Å²) < 4.78 is 75.8. The van der Waals surface area contributed by atoms with E-state index in [0.717, 1.165) is 6.07 Å². The average Bonchev–Trinajstić information content (AvgIpc) is 2.64. The van der Waals surface area contributed by atoms with E-state index >= 15 is 0 Å². The normalized spacial score (nSPS) is 11.4. The highest BCUT2D eigenvalue weighted by Crippen LogP contribution is 2.31. The van der Waals surface area contributed by atoms with E-state index in [1.807, 2.05) is 0 Å². The fraction of sp³-hybridized carbons (Fsp3) is 0.222. The van der Waals surface area contributed by atoms with Crippen LogP contribution in [0.1, 0.15) is 11.1 Å². The molecule has 1 N–H and O–H groups in total. The number of halogens is 3. The lowest BCUT2D eigenvalue weighted by Gasteiger charge is -2.11. The fourth-order valence-corrected chi connectivity index (χ4v) is 3.29. The summed E-state index contributed by atoms with van der Waals surface area (Å²) in [5.41, 5.74) is -1.11. The van der Waals surface area contributed by atoms with Crippen molar-refractivity contribution in [1.29, 1.82) is 0 Å². The highest BCUT2D eigenvalue weighted by atomic mass is 32.2. The third-order valence-electron chi connectivity index (χ3n) is 3.47. The van der Waals surface area contributed by atoms with Gasteiger partial charge in [0.1, 0.15) is 16.4 Å². The second-order valence-corrected chi connectivity index (χ2v) is 6.92. The monoisotopic (exact) mass is 399 g/mol. The molecule has 0 amide bonds. The van der Waals surface area contributed by atoms with Gasteiger partial charge in [0.15, 0.2) is 0 Å². The van der Waals surface area contributed by atoms with E-state index < -0.39 is 21.8 Å². The Bertz CT molecular complexity index is 976. The highest BCUT2D eigenvalue weighted by Gasteiger charge is 2.32. The van der Waals surface area contributed by atoms with E-state index in [9.17, 15) is 21.6 Å². The van der Waals surface area contributed by atoms with E-state index in [-0.39, 0.29) is 22.8 Å². The van der Waals surface area contributed by atoms with Gasteiger partial charge in [-0.15, -0.1) is 0 Å². The zero-order valence-electron chi connectivity index (χ0n) is 14.4. The van der Waals surface area contributed by atoms with E-state index in [2.05, 4.69) is 16.6 Å². The molecular weight excluding hydrogens is 383 g/mol. The van der Waals surface area contributed by atoms with Gasteiger partial charge in [-0.25, -0.2) is 8.42 Å². The van der Waals surface area contributed by atoms with E-state index in [4.69, 9.17) is 9.47 Å². The van der Waals surface area contributed by atoms with Crippen LogP contribution in [0.5, 0.6) is 11.5 Å². The van der Waals surface area contributed by atoms with Crippen molar-refractivity contribution >= 4 is 10.0 Å². The molecule has 0 saturated carbocycles. The molecule has 27 heavy (non-hydrogen) atoms. The summed E-state index contributed by atoms with van der Waals surface area (Å²) in [6.45, 7) is -0.380. The van der Waals surface area contributed by atoms with E-state index in [0.29, 0.717) is 5.75 Å². The molecule has 0 aliphatic rings. The number of rotatable bonds is 5. The molecule has 0 bridgehead atoms. The summed E-state index contributed by atoms with van der Waals surface area (Å²) in [5.74, 6) is 5.14. The summed E-state index contributed by atoms with van der Waals surface area (Å²) in [7, 11) is -1.31. The van der Waals surface area contributed by atoms with Gasteiger partial charge in [-0.3, -0.25) is 0 Å². The van der Waals surface area contributed by atoms with Crippen molar-refractivity contribution < 1.29 is 31.1 Å². The Morgan fingerprint density at radius 3 is 2.41 bits per heavy atom. The van der Waals surface area contributed by atoms with Gasteiger partial charge in [-0.2, -0.15) is 17.9 Å². The molecule has 0 aliphatic heterocycles. The molecule has 0 fully saturated rings. The van der Waals surface area contributed by atoms with Crippen molar-refractivity contribution in [2.24, 2.45) is 0 Å². The molecule has 5 nitrogen and oxygen atoms in total. The van der Waals surface area contributed by atoms with Crippen molar-refractivity contribution in [2.45, 2.75) is 11.1 Å². The maximum Gasteiger partial charge on any atom is 0.417 e. The van der Waals surface area contributed by atoms with Crippen LogP contribution in [0.25, 0.3) is 0 Å². The third-order valence-corrected chi connectivity index (χ3v) is 4.89. The molecular formula is C18H16F3NO4S. The van der Waals surface area contributed by atoms with Crippen molar-refractivity contribution in [3.05, 3.63) is 53.6 Å². The molecule has 0 heterocycles. The standard InChI is InChI=1S/C18H16F3NO4S/c1-25-14-9-10-16(26-2)17(12-14)27(23,24)22-11-5-7-13-6-3-4-8-15(13)18(19,20)21/h3-4,6,8-10,12,22H,11H2,1-2H3. The van der Waals surface area contributed by atoms with Crippen molar-refractivity contribution in [1.82, 2.24) is 4.72 Å². The predicted octanol–water partition coefficient (Wildman–Crippen LogP) is 3.05. The zero-order chi connectivity index (χ0) is 20.1. The summed E-state index contributed by atoms with van der Waals surface area (Å²) in [6, 6.07) is 9.04. The molecule has 0 aromatic heterocycles. The lowest BCUT2D eigenvalue weighted by molar-refractivity contribution is -0.137. The first kappa shape index (κ1) is 20.6. The molecule has 0 aliphatic carbocycles. The van der Waals surface area contributed by atoms with Crippen LogP contribution in [0.2, 0.25) is 0 Å². The van der Waals surface area contributed by atoms with Crippen molar-refractivity contribution in [3.8, 4) is 23.3 Å². The first-order valence-corrected chi connectivity index (χ1v) is 9.04. The second-order valence-electron chi connectivity index (χ2n) is 5.19. The minimum absolute atomic E-state index is 0.0960. The first-order valence-electron chi connectivity index (χ1n) is 7.56. The van der Waals surface area contributed by atoms with Crippen LogP contribution < -0.4 is 14.2 Å². The van der Waals surface area contributed by atoms with Crippen LogP contribution in [0.15, 0.2) is 47.4 Å². The minimum Gasteiger partial charge on any atom is -0.497 e. The van der Waals surface area contributed by atoms with Gasteiger partial charge in [0, 0.05) is 11.6 Å². The summed E-state index contributed by atoms with van der Waals surface area (Å²) in [4.78, 5) is -0.165. The van der Waals surface area contributed by atoms with Gasteiger partial charge in [-0.1, -0.05) is 24.0 Å². The van der Waals surface area contributed by atoms with Crippen LogP contribution in [-0.2, 0) is 16.2 Å². The fourth-order valence-electron chi connectivity index (χ4n) is 2.18. The largest absolute Gasteiger partial charge is 0.497 e.